The predicted octanol–water partition coefficient (Wildman–Crippen LogP) is 3.41. The summed E-state index contributed by atoms with van der Waals surface area (Å²) < 4.78 is 38.5. The summed E-state index contributed by atoms with van der Waals surface area (Å²) in [5, 5.41) is 2.74. The molecule has 1 aliphatic carbocycles. The van der Waals surface area contributed by atoms with Crippen LogP contribution in [0.3, 0.4) is 0 Å². The van der Waals surface area contributed by atoms with E-state index in [0.29, 0.717) is 19.4 Å². The fourth-order valence-corrected chi connectivity index (χ4v) is 5.59. The zero-order valence-electron chi connectivity index (χ0n) is 26.2. The van der Waals surface area contributed by atoms with Crippen molar-refractivity contribution in [1.82, 2.24) is 5.32 Å². The highest BCUT2D eigenvalue weighted by Gasteiger charge is 2.52. The number of unbranched alkanes of at least 4 members (excludes halogenated alkanes) is 1. The number of rotatable bonds is 13. The molecule has 5 atom stereocenters. The minimum atomic E-state index is -1.31. The van der Waals surface area contributed by atoms with Gasteiger partial charge in [-0.05, 0) is 35.1 Å². The minimum absolute atomic E-state index is 0.0480. The second kappa shape index (κ2) is 16.2. The summed E-state index contributed by atoms with van der Waals surface area (Å²) >= 11 is 0. The maximum Gasteiger partial charge on any atom is 0.407 e. The van der Waals surface area contributed by atoms with Crippen LogP contribution in [0.2, 0.25) is 0 Å². The Hall–Kier alpha value is -4.49. The molecule has 2 aromatic carbocycles. The number of carbonyl (C=O) groups is 5. The number of carbonyl (C=O) groups excluding carboxylic acids is 5. The number of fused-ring (bicyclic) bond motifs is 3. The molecule has 1 heterocycles. The average molecular weight is 642 g/mol. The number of hydrogen-bond donors (Lipinski definition) is 1. The first kappa shape index (κ1) is 34.4. The van der Waals surface area contributed by atoms with Crippen molar-refractivity contribution in [2.45, 2.75) is 77.2 Å². The lowest BCUT2D eigenvalue weighted by Gasteiger charge is -2.44. The van der Waals surface area contributed by atoms with Gasteiger partial charge in [0.2, 0.25) is 0 Å². The first-order valence-electron chi connectivity index (χ1n) is 15.1. The zero-order valence-corrected chi connectivity index (χ0v) is 26.2. The van der Waals surface area contributed by atoms with Crippen molar-refractivity contribution in [3.8, 4) is 11.1 Å². The van der Waals surface area contributed by atoms with Gasteiger partial charge in [0.1, 0.15) is 19.3 Å². The Morgan fingerprint density at radius 3 is 1.83 bits per heavy atom. The molecule has 248 valence electrons. The number of amides is 1. The molecule has 1 fully saturated rings. The minimum Gasteiger partial charge on any atom is -0.463 e. The summed E-state index contributed by atoms with van der Waals surface area (Å²) in [4.78, 5) is 59.7. The fraction of sp³-hybridized carbons (Fsp3) is 0.485. The van der Waals surface area contributed by atoms with Gasteiger partial charge in [-0.15, -0.1) is 0 Å². The smallest absolute Gasteiger partial charge is 0.407 e. The van der Waals surface area contributed by atoms with Crippen LogP contribution in [0.15, 0.2) is 48.5 Å². The van der Waals surface area contributed by atoms with E-state index in [1.54, 1.807) is 0 Å². The van der Waals surface area contributed by atoms with Crippen LogP contribution in [-0.2, 0) is 52.3 Å². The summed E-state index contributed by atoms with van der Waals surface area (Å²) in [6.07, 6.45) is -5.78. The summed E-state index contributed by atoms with van der Waals surface area (Å²) in [5.41, 5.74) is 4.53. The molecular formula is C33H39NO12. The molecule has 2 aromatic rings. The number of ether oxygens (including phenoxy) is 7. The third-order valence-electron chi connectivity index (χ3n) is 7.41. The van der Waals surface area contributed by atoms with E-state index in [9.17, 15) is 24.0 Å². The van der Waals surface area contributed by atoms with E-state index < -0.39 is 60.7 Å². The molecule has 1 N–H and O–H groups in total. The Morgan fingerprint density at radius 2 is 1.24 bits per heavy atom. The van der Waals surface area contributed by atoms with Gasteiger partial charge in [0.25, 0.3) is 0 Å². The molecule has 0 radical (unpaired) electrons. The third kappa shape index (κ3) is 9.04. The van der Waals surface area contributed by atoms with Gasteiger partial charge in [0, 0.05) is 46.8 Å². The molecule has 13 nitrogen and oxygen atoms in total. The summed E-state index contributed by atoms with van der Waals surface area (Å²) in [5.74, 6) is -2.83. The Morgan fingerprint density at radius 1 is 0.674 bits per heavy atom. The quantitative estimate of drug-likeness (QED) is 0.193. The van der Waals surface area contributed by atoms with Crippen molar-refractivity contribution in [1.29, 1.82) is 0 Å². The largest absolute Gasteiger partial charge is 0.463 e. The molecule has 46 heavy (non-hydrogen) atoms. The van der Waals surface area contributed by atoms with Crippen molar-refractivity contribution in [3.05, 3.63) is 59.7 Å². The van der Waals surface area contributed by atoms with E-state index in [-0.39, 0.29) is 25.7 Å². The molecule has 0 bridgehead atoms. The normalized spacial score (nSPS) is 21.7. The first-order valence-corrected chi connectivity index (χ1v) is 15.1. The second-order valence-corrected chi connectivity index (χ2v) is 10.9. The maximum absolute atomic E-state index is 12.5. The molecule has 0 aromatic heterocycles. The van der Waals surface area contributed by atoms with Crippen LogP contribution in [-0.4, -0.2) is 87.0 Å². The molecule has 0 unspecified atom stereocenters. The molecular weight excluding hydrogens is 602 g/mol. The van der Waals surface area contributed by atoms with Crippen LogP contribution in [0.1, 0.15) is 57.6 Å². The van der Waals surface area contributed by atoms with Gasteiger partial charge in [-0.25, -0.2) is 4.79 Å². The van der Waals surface area contributed by atoms with Crippen LogP contribution in [0.25, 0.3) is 11.1 Å². The molecule has 13 heteroatoms. The molecule has 1 aliphatic heterocycles. The molecule has 1 amide bonds. The maximum atomic E-state index is 12.5. The van der Waals surface area contributed by atoms with Crippen LogP contribution in [0.4, 0.5) is 4.79 Å². The highest BCUT2D eigenvalue weighted by molar-refractivity contribution is 5.79. The predicted molar refractivity (Wildman–Crippen MR) is 160 cm³/mol. The lowest BCUT2D eigenvalue weighted by atomic mass is 9.98. The van der Waals surface area contributed by atoms with E-state index in [1.165, 1.54) is 6.92 Å². The summed E-state index contributed by atoms with van der Waals surface area (Å²) in [7, 11) is 0. The van der Waals surface area contributed by atoms with Crippen molar-refractivity contribution < 1.29 is 57.1 Å². The summed E-state index contributed by atoms with van der Waals surface area (Å²) in [6, 6.07) is 16.2. The second-order valence-electron chi connectivity index (χ2n) is 10.9. The molecule has 4 rings (SSSR count). The van der Waals surface area contributed by atoms with E-state index >= 15 is 0 Å². The molecule has 0 saturated carbocycles. The van der Waals surface area contributed by atoms with Gasteiger partial charge >= 0.3 is 30.0 Å². The number of hydrogen-bond acceptors (Lipinski definition) is 12. The van der Waals surface area contributed by atoms with Crippen LogP contribution in [0.5, 0.6) is 0 Å². The zero-order chi connectivity index (χ0) is 33.2. The van der Waals surface area contributed by atoms with Gasteiger partial charge in [-0.1, -0.05) is 48.5 Å². The van der Waals surface area contributed by atoms with Crippen molar-refractivity contribution in [2.75, 3.05) is 26.4 Å². The lowest BCUT2D eigenvalue weighted by molar-refractivity contribution is -0.308. The Labute approximate surface area is 266 Å². The van der Waals surface area contributed by atoms with Crippen molar-refractivity contribution in [3.63, 3.8) is 0 Å². The van der Waals surface area contributed by atoms with Gasteiger partial charge in [-0.2, -0.15) is 0 Å². The van der Waals surface area contributed by atoms with Crippen molar-refractivity contribution >= 4 is 30.0 Å². The molecule has 2 aliphatic rings. The average Bonchev–Trinajstić information content (AvgIpc) is 3.32. The highest BCUT2D eigenvalue weighted by Crippen LogP contribution is 2.44. The number of alkyl carbamates (subject to hydrolysis) is 1. The SMILES string of the molecule is CC(=O)OC[C@H]1O[C@H](OCCCCNC(=O)OCC2c3ccccc3-c3ccccc32)[C@@H](OC(C)=O)[C@@H](OC(C)=O)[C@@H]1OC(C)=O. The Balaban J connectivity index is 1.29. The third-order valence-corrected chi connectivity index (χ3v) is 7.41. The van der Waals surface area contributed by atoms with E-state index in [1.807, 2.05) is 36.4 Å². The number of benzene rings is 2. The lowest BCUT2D eigenvalue weighted by Crippen LogP contribution is -2.63. The van der Waals surface area contributed by atoms with Crippen LogP contribution in [0, 0.1) is 0 Å². The van der Waals surface area contributed by atoms with E-state index in [2.05, 4.69) is 17.4 Å². The van der Waals surface area contributed by atoms with E-state index in [0.717, 1.165) is 43.0 Å². The van der Waals surface area contributed by atoms with Gasteiger partial charge in [0.15, 0.2) is 24.6 Å². The van der Waals surface area contributed by atoms with E-state index in [4.69, 9.17) is 33.2 Å². The van der Waals surface area contributed by atoms with Gasteiger partial charge < -0.3 is 38.5 Å². The Bertz CT molecular complexity index is 1370. The van der Waals surface area contributed by atoms with Crippen LogP contribution >= 0.6 is 0 Å². The monoisotopic (exact) mass is 641 g/mol. The van der Waals surface area contributed by atoms with Gasteiger partial charge in [-0.3, -0.25) is 19.2 Å². The summed E-state index contributed by atoms with van der Waals surface area (Å²) in [6.45, 7) is 4.90. The molecule has 0 spiro atoms. The fourth-order valence-electron chi connectivity index (χ4n) is 5.59. The molecule has 1 saturated heterocycles. The topological polar surface area (TPSA) is 162 Å². The first-order chi connectivity index (χ1) is 22.0. The van der Waals surface area contributed by atoms with Crippen molar-refractivity contribution in [2.24, 2.45) is 0 Å². The number of esters is 4. The highest BCUT2D eigenvalue weighted by atomic mass is 16.7. The standard InChI is InChI=1S/C33H39NO12/c1-19(35)41-18-28-29(43-20(2)36)30(44-21(3)37)31(45-22(4)38)32(46-28)40-16-10-9-15-34-33(39)42-17-27-25-13-7-5-11-23(25)24-12-6-8-14-26(24)27/h5-8,11-14,27-32H,9-10,15-18H2,1-4H3,(H,34,39)/t28-,29-,30+,31+,32+/m1/s1. The van der Waals surface area contributed by atoms with Gasteiger partial charge in [0.05, 0.1) is 0 Å². The Kier molecular flexibility index (Phi) is 12.1. The number of nitrogens with one attached hydrogen (secondary N) is 1. The van der Waals surface area contributed by atoms with Crippen LogP contribution < -0.4 is 5.32 Å².